The van der Waals surface area contributed by atoms with Crippen molar-refractivity contribution in [3.8, 4) is 5.75 Å². The molecule has 0 radical (unpaired) electrons. The van der Waals surface area contributed by atoms with Crippen LogP contribution in [0, 0.1) is 17.5 Å². The molecule has 32 heavy (non-hydrogen) atoms. The Balaban J connectivity index is 1.69. The van der Waals surface area contributed by atoms with Crippen LogP contribution in [0.25, 0.3) is 0 Å². The van der Waals surface area contributed by atoms with Crippen molar-refractivity contribution >= 4 is 11.7 Å². The SMILES string of the molecule is CCN1C(=O)c2c(O)c(=O)c(C(=O)CCc3cc(F)c(F)cc3F)cn2N2CCCC[C@@H]12. The summed E-state index contributed by atoms with van der Waals surface area (Å²) in [5.74, 6) is -5.59. The van der Waals surface area contributed by atoms with Crippen molar-refractivity contribution in [2.75, 3.05) is 18.1 Å². The maximum Gasteiger partial charge on any atom is 0.278 e. The Bertz CT molecular complexity index is 1160. The minimum atomic E-state index is -1.34. The number of amides is 1. The number of fused-ring (bicyclic) bond motifs is 3. The molecule has 170 valence electrons. The Morgan fingerprint density at radius 2 is 1.84 bits per heavy atom. The van der Waals surface area contributed by atoms with Crippen LogP contribution < -0.4 is 10.4 Å². The zero-order valence-electron chi connectivity index (χ0n) is 17.4. The molecule has 4 rings (SSSR count). The fourth-order valence-electron chi connectivity index (χ4n) is 4.42. The summed E-state index contributed by atoms with van der Waals surface area (Å²) < 4.78 is 41.8. The van der Waals surface area contributed by atoms with E-state index in [1.165, 1.54) is 10.9 Å². The van der Waals surface area contributed by atoms with Gasteiger partial charge in [0.15, 0.2) is 28.9 Å². The molecular weight excluding hydrogens is 427 g/mol. The molecule has 0 bridgehead atoms. The minimum Gasteiger partial charge on any atom is -0.502 e. The number of benzene rings is 1. The first-order valence-electron chi connectivity index (χ1n) is 10.5. The third-order valence-corrected chi connectivity index (χ3v) is 6.06. The molecule has 7 nitrogen and oxygen atoms in total. The van der Waals surface area contributed by atoms with Gasteiger partial charge >= 0.3 is 0 Å². The number of carbonyl (C=O) groups excluding carboxylic acids is 2. The van der Waals surface area contributed by atoms with Crippen LogP contribution in [0.15, 0.2) is 23.1 Å². The highest BCUT2D eigenvalue weighted by molar-refractivity contribution is 6.00. The Kier molecular flexibility index (Phi) is 5.70. The van der Waals surface area contributed by atoms with E-state index in [9.17, 15) is 32.7 Å². The average molecular weight is 449 g/mol. The van der Waals surface area contributed by atoms with E-state index in [2.05, 4.69) is 0 Å². The van der Waals surface area contributed by atoms with Gasteiger partial charge in [-0.3, -0.25) is 24.1 Å². The van der Waals surface area contributed by atoms with Crippen LogP contribution in [0.1, 0.15) is 59.0 Å². The summed E-state index contributed by atoms with van der Waals surface area (Å²) in [5, 5.41) is 12.4. The topological polar surface area (TPSA) is 82.9 Å². The molecule has 1 saturated heterocycles. The number of hydrogen-bond donors (Lipinski definition) is 1. The summed E-state index contributed by atoms with van der Waals surface area (Å²) in [6.07, 6.45) is 2.82. The quantitative estimate of drug-likeness (QED) is 0.561. The highest BCUT2D eigenvalue weighted by Crippen LogP contribution is 2.29. The number of aromatic nitrogens is 1. The molecule has 0 spiro atoms. The second-order valence-corrected chi connectivity index (χ2v) is 7.93. The van der Waals surface area contributed by atoms with Gasteiger partial charge in [-0.05, 0) is 44.2 Å². The molecule has 1 aromatic heterocycles. The van der Waals surface area contributed by atoms with Gasteiger partial charge in [0, 0.05) is 31.8 Å². The summed E-state index contributed by atoms with van der Waals surface area (Å²) >= 11 is 0. The molecule has 1 aromatic carbocycles. The molecule has 2 aromatic rings. The summed E-state index contributed by atoms with van der Waals surface area (Å²) in [4.78, 5) is 40.0. The molecule has 0 unspecified atom stereocenters. The minimum absolute atomic E-state index is 0.196. The number of aryl methyl sites for hydroxylation is 1. The second kappa shape index (κ2) is 8.33. The number of carbonyl (C=O) groups is 2. The molecule has 1 N–H and O–H groups in total. The average Bonchev–Trinajstić information content (AvgIpc) is 2.77. The maximum atomic E-state index is 13.9. The van der Waals surface area contributed by atoms with Crippen molar-refractivity contribution in [2.45, 2.75) is 45.2 Å². The van der Waals surface area contributed by atoms with E-state index in [1.54, 1.807) is 4.90 Å². The lowest BCUT2D eigenvalue weighted by Crippen LogP contribution is -2.63. The fourth-order valence-corrected chi connectivity index (χ4v) is 4.42. The third kappa shape index (κ3) is 3.53. The smallest absolute Gasteiger partial charge is 0.278 e. The van der Waals surface area contributed by atoms with Crippen LogP contribution in [0.3, 0.4) is 0 Å². The van der Waals surface area contributed by atoms with E-state index in [0.29, 0.717) is 31.6 Å². The number of aromatic hydroxyl groups is 1. The first-order chi connectivity index (χ1) is 15.2. The highest BCUT2D eigenvalue weighted by Gasteiger charge is 2.40. The van der Waals surface area contributed by atoms with Gasteiger partial charge in [-0.2, -0.15) is 0 Å². The van der Waals surface area contributed by atoms with Crippen LogP contribution in [0.2, 0.25) is 0 Å². The zero-order chi connectivity index (χ0) is 23.2. The number of rotatable bonds is 5. The number of Topliss-reactive ketones (excluding diaryl/α,β-unsaturated/α-hetero) is 1. The summed E-state index contributed by atoms with van der Waals surface area (Å²) in [7, 11) is 0. The molecule has 10 heteroatoms. The Hall–Kier alpha value is -3.30. The van der Waals surface area contributed by atoms with Gasteiger partial charge in [-0.25, -0.2) is 13.2 Å². The van der Waals surface area contributed by atoms with Crippen LogP contribution >= 0.6 is 0 Å². The Morgan fingerprint density at radius 3 is 2.56 bits per heavy atom. The number of ketones is 1. The highest BCUT2D eigenvalue weighted by atomic mass is 19.2. The van der Waals surface area contributed by atoms with Gasteiger partial charge in [0.25, 0.3) is 5.91 Å². The predicted octanol–water partition coefficient (Wildman–Crippen LogP) is 2.71. The van der Waals surface area contributed by atoms with Crippen molar-refractivity contribution < 1.29 is 27.9 Å². The second-order valence-electron chi connectivity index (χ2n) is 7.93. The first-order valence-corrected chi connectivity index (χ1v) is 10.5. The van der Waals surface area contributed by atoms with Crippen LogP contribution in [0.5, 0.6) is 5.75 Å². The lowest BCUT2D eigenvalue weighted by atomic mass is 10.0. The van der Waals surface area contributed by atoms with E-state index in [-0.39, 0.29) is 35.8 Å². The van der Waals surface area contributed by atoms with E-state index >= 15 is 0 Å². The Labute approximate surface area is 181 Å². The molecular formula is C22H22F3N3O4. The Morgan fingerprint density at radius 1 is 1.12 bits per heavy atom. The van der Waals surface area contributed by atoms with Crippen molar-refractivity contribution in [3.63, 3.8) is 0 Å². The maximum absolute atomic E-state index is 13.9. The van der Waals surface area contributed by atoms with Crippen LogP contribution in [0.4, 0.5) is 13.2 Å². The molecule has 2 aliphatic rings. The lowest BCUT2D eigenvalue weighted by molar-refractivity contribution is 0.0534. The van der Waals surface area contributed by atoms with Gasteiger partial charge in [-0.1, -0.05) is 0 Å². The molecule has 0 saturated carbocycles. The lowest BCUT2D eigenvalue weighted by Gasteiger charge is -2.48. The van der Waals surface area contributed by atoms with Gasteiger partial charge < -0.3 is 10.0 Å². The number of halogens is 3. The standard InChI is InChI=1S/C22H22F3N3O4/c1-2-26-18-5-3-4-8-27(18)28-11-13(20(30)21(31)19(28)22(26)32)17(29)7-6-12-9-15(24)16(25)10-14(12)23/h9-11,18,31H,2-8H2,1H3/t18-/m0/s1. The summed E-state index contributed by atoms with van der Waals surface area (Å²) in [5.41, 5.74) is -1.74. The first kappa shape index (κ1) is 21.9. The normalized spacial score (nSPS) is 17.9. The van der Waals surface area contributed by atoms with E-state index in [1.807, 2.05) is 11.9 Å². The zero-order valence-corrected chi connectivity index (χ0v) is 17.4. The summed E-state index contributed by atoms with van der Waals surface area (Å²) in [6, 6.07) is 1.07. The molecule has 1 amide bonds. The van der Waals surface area contributed by atoms with Crippen molar-refractivity contribution in [3.05, 3.63) is 62.8 Å². The monoisotopic (exact) mass is 449 g/mol. The predicted molar refractivity (Wildman–Crippen MR) is 109 cm³/mol. The summed E-state index contributed by atoms with van der Waals surface area (Å²) in [6.45, 7) is 2.77. The van der Waals surface area contributed by atoms with Crippen molar-refractivity contribution in [1.82, 2.24) is 9.58 Å². The van der Waals surface area contributed by atoms with Gasteiger partial charge in [0.2, 0.25) is 5.43 Å². The van der Waals surface area contributed by atoms with Crippen molar-refractivity contribution in [1.29, 1.82) is 0 Å². The van der Waals surface area contributed by atoms with Gasteiger partial charge in [0.1, 0.15) is 12.0 Å². The van der Waals surface area contributed by atoms with E-state index in [4.69, 9.17) is 0 Å². The van der Waals surface area contributed by atoms with Gasteiger partial charge in [-0.15, -0.1) is 0 Å². The largest absolute Gasteiger partial charge is 0.502 e. The molecule has 2 aliphatic heterocycles. The van der Waals surface area contributed by atoms with E-state index in [0.717, 1.165) is 12.8 Å². The molecule has 1 atom stereocenters. The molecule has 0 aliphatic carbocycles. The number of pyridine rings is 1. The number of piperidine rings is 1. The number of hydrogen-bond acceptors (Lipinski definition) is 5. The number of nitrogens with zero attached hydrogens (tertiary/aromatic N) is 3. The van der Waals surface area contributed by atoms with Crippen LogP contribution in [-0.2, 0) is 6.42 Å². The van der Waals surface area contributed by atoms with Gasteiger partial charge in [0.05, 0.1) is 5.56 Å². The van der Waals surface area contributed by atoms with Crippen molar-refractivity contribution in [2.24, 2.45) is 0 Å². The third-order valence-electron chi connectivity index (χ3n) is 6.06. The van der Waals surface area contributed by atoms with E-state index < -0.39 is 40.3 Å². The van der Waals surface area contributed by atoms with Crippen LogP contribution in [-0.4, -0.2) is 45.6 Å². The molecule has 3 heterocycles. The molecule has 1 fully saturated rings. The fraction of sp³-hybridized carbons (Fsp3) is 0.409.